The SMILES string of the molecule is CSNc1ccn(C(=O)N2CCN(Cc3ccc(C(F)(F)F)cc3N3CC4COCC4C3)CC2)n1. The van der Waals surface area contributed by atoms with Crippen molar-refractivity contribution in [2.75, 3.05) is 68.4 Å². The number of nitrogens with one attached hydrogen (secondary N) is 1. The van der Waals surface area contributed by atoms with Gasteiger partial charge in [-0.2, -0.15) is 17.9 Å². The highest BCUT2D eigenvalue weighted by atomic mass is 32.2. The van der Waals surface area contributed by atoms with Gasteiger partial charge >= 0.3 is 12.2 Å². The number of benzene rings is 1. The zero-order chi connectivity index (χ0) is 24.6. The molecule has 1 aromatic heterocycles. The zero-order valence-corrected chi connectivity index (χ0v) is 20.3. The molecule has 0 bridgehead atoms. The van der Waals surface area contributed by atoms with Crippen LogP contribution < -0.4 is 9.62 Å². The Hall–Kier alpha value is -2.44. The van der Waals surface area contributed by atoms with E-state index < -0.39 is 11.7 Å². The van der Waals surface area contributed by atoms with Crippen molar-refractivity contribution >= 4 is 29.5 Å². The van der Waals surface area contributed by atoms with Crippen molar-refractivity contribution < 1.29 is 22.7 Å². The number of alkyl halides is 3. The van der Waals surface area contributed by atoms with Gasteiger partial charge in [-0.1, -0.05) is 18.0 Å². The Kier molecular flexibility index (Phi) is 6.86. The van der Waals surface area contributed by atoms with Crippen molar-refractivity contribution in [3.05, 3.63) is 41.6 Å². The number of halogens is 3. The van der Waals surface area contributed by atoms with Crippen LogP contribution in [0.25, 0.3) is 0 Å². The standard InChI is InChI=1S/C23H29F3N6O2S/c1-35-28-21-4-5-32(27-21)22(33)30-8-6-29(7-9-30)11-16-2-3-19(23(24,25)26)10-20(16)31-12-17-14-34-15-18(17)13-31/h2-5,10,17-18H,6-9,11-15H2,1H3,(H,27,28). The molecule has 1 aromatic carbocycles. The molecular formula is C23H29F3N6O2S. The van der Waals surface area contributed by atoms with E-state index in [1.165, 1.54) is 28.8 Å². The van der Waals surface area contributed by atoms with Gasteiger partial charge in [0.2, 0.25) is 0 Å². The summed E-state index contributed by atoms with van der Waals surface area (Å²) in [5, 5.41) is 4.24. The number of hydrogen-bond donors (Lipinski definition) is 1. The minimum absolute atomic E-state index is 0.181. The Bertz CT molecular complexity index is 1040. The average molecular weight is 511 g/mol. The van der Waals surface area contributed by atoms with Crippen LogP contribution in [-0.2, 0) is 17.5 Å². The Balaban J connectivity index is 1.25. The van der Waals surface area contributed by atoms with Crippen LogP contribution >= 0.6 is 11.9 Å². The van der Waals surface area contributed by atoms with E-state index in [-0.39, 0.29) is 6.03 Å². The summed E-state index contributed by atoms with van der Waals surface area (Å²) in [6, 6.07) is 5.66. The fourth-order valence-corrected chi connectivity index (χ4v) is 5.44. The normalized spacial score (nSPS) is 23.1. The Labute approximate surface area is 206 Å². The minimum Gasteiger partial charge on any atom is -0.381 e. The van der Waals surface area contributed by atoms with Gasteiger partial charge in [-0.3, -0.25) is 4.90 Å². The second-order valence-corrected chi connectivity index (χ2v) is 9.91. The number of anilines is 2. The summed E-state index contributed by atoms with van der Waals surface area (Å²) in [7, 11) is 0. The van der Waals surface area contributed by atoms with E-state index >= 15 is 0 Å². The lowest BCUT2D eigenvalue weighted by molar-refractivity contribution is -0.137. The molecule has 0 radical (unpaired) electrons. The smallest absolute Gasteiger partial charge is 0.381 e. The summed E-state index contributed by atoms with van der Waals surface area (Å²) in [5.74, 6) is 1.37. The molecule has 1 N–H and O–H groups in total. The number of aromatic nitrogens is 2. The fraction of sp³-hybridized carbons (Fsp3) is 0.565. The van der Waals surface area contributed by atoms with Crippen molar-refractivity contribution in [3.8, 4) is 0 Å². The van der Waals surface area contributed by atoms with Crippen LogP contribution in [0, 0.1) is 11.8 Å². The molecule has 3 aliphatic heterocycles. The first-order valence-electron chi connectivity index (χ1n) is 11.7. The fourth-order valence-electron chi connectivity index (χ4n) is 5.12. The highest BCUT2D eigenvalue weighted by Crippen LogP contribution is 2.38. The quantitative estimate of drug-likeness (QED) is 0.618. The number of carbonyl (C=O) groups is 1. The molecule has 3 fully saturated rings. The summed E-state index contributed by atoms with van der Waals surface area (Å²) in [6.45, 7) is 5.69. The molecule has 5 rings (SSSR count). The van der Waals surface area contributed by atoms with Crippen LogP contribution in [0.1, 0.15) is 11.1 Å². The van der Waals surface area contributed by atoms with Crippen LogP contribution in [-0.4, -0.2) is 84.3 Å². The minimum atomic E-state index is -4.38. The van der Waals surface area contributed by atoms with Crippen molar-refractivity contribution in [1.29, 1.82) is 0 Å². The lowest BCUT2D eigenvalue weighted by Crippen LogP contribution is -2.49. The molecule has 1 amide bonds. The van der Waals surface area contributed by atoms with Gasteiger partial charge in [-0.05, 0) is 17.7 Å². The first-order chi connectivity index (χ1) is 16.8. The molecule has 0 saturated carbocycles. The van der Waals surface area contributed by atoms with Gasteiger partial charge in [0.1, 0.15) is 0 Å². The molecule has 0 aliphatic carbocycles. The Morgan fingerprint density at radius 3 is 2.51 bits per heavy atom. The molecule has 8 nitrogen and oxygen atoms in total. The number of rotatable bonds is 5. The highest BCUT2D eigenvalue weighted by Gasteiger charge is 2.39. The number of nitrogens with zero attached hydrogens (tertiary/aromatic N) is 5. The van der Waals surface area contributed by atoms with E-state index in [9.17, 15) is 18.0 Å². The van der Waals surface area contributed by atoms with Gasteiger partial charge in [0, 0.05) is 81.9 Å². The number of fused-ring (bicyclic) bond motifs is 1. The van der Waals surface area contributed by atoms with Crippen molar-refractivity contribution in [2.24, 2.45) is 11.8 Å². The van der Waals surface area contributed by atoms with Crippen LogP contribution in [0.5, 0.6) is 0 Å². The molecule has 4 heterocycles. The van der Waals surface area contributed by atoms with Gasteiger partial charge in [-0.25, -0.2) is 4.79 Å². The van der Waals surface area contributed by atoms with Gasteiger partial charge < -0.3 is 19.3 Å². The number of piperazine rings is 1. The maximum absolute atomic E-state index is 13.5. The molecule has 0 spiro atoms. The Morgan fingerprint density at radius 1 is 1.14 bits per heavy atom. The second kappa shape index (κ2) is 9.90. The van der Waals surface area contributed by atoms with E-state index in [1.54, 1.807) is 23.2 Å². The monoisotopic (exact) mass is 510 g/mol. The largest absolute Gasteiger partial charge is 0.416 e. The predicted octanol–water partition coefficient (Wildman–Crippen LogP) is 3.46. The molecule has 3 saturated heterocycles. The molecule has 190 valence electrons. The van der Waals surface area contributed by atoms with Crippen molar-refractivity contribution in [2.45, 2.75) is 12.7 Å². The summed E-state index contributed by atoms with van der Waals surface area (Å²) in [5.41, 5.74) is 0.936. The lowest BCUT2D eigenvalue weighted by Gasteiger charge is -2.35. The Morgan fingerprint density at radius 2 is 1.86 bits per heavy atom. The maximum Gasteiger partial charge on any atom is 0.416 e. The molecule has 2 unspecified atom stereocenters. The second-order valence-electron chi connectivity index (χ2n) is 9.30. The van der Waals surface area contributed by atoms with E-state index in [0.29, 0.717) is 69.3 Å². The van der Waals surface area contributed by atoms with Gasteiger partial charge in [0.05, 0.1) is 18.8 Å². The number of hydrogen-bond acceptors (Lipinski definition) is 7. The third-order valence-electron chi connectivity index (χ3n) is 7.02. The van der Waals surface area contributed by atoms with E-state index in [4.69, 9.17) is 4.74 Å². The number of ether oxygens (including phenoxy) is 1. The maximum atomic E-state index is 13.5. The van der Waals surface area contributed by atoms with Crippen LogP contribution in [0.4, 0.5) is 29.5 Å². The molecule has 12 heteroatoms. The number of carbonyl (C=O) groups excluding carboxylic acids is 1. The van der Waals surface area contributed by atoms with Gasteiger partial charge in [0.15, 0.2) is 5.82 Å². The van der Waals surface area contributed by atoms with Gasteiger partial charge in [-0.15, -0.1) is 5.10 Å². The highest BCUT2D eigenvalue weighted by molar-refractivity contribution is 7.99. The molecule has 35 heavy (non-hydrogen) atoms. The van der Waals surface area contributed by atoms with Crippen LogP contribution in [0.3, 0.4) is 0 Å². The molecule has 2 atom stereocenters. The van der Waals surface area contributed by atoms with E-state index in [1.807, 2.05) is 6.26 Å². The van der Waals surface area contributed by atoms with E-state index in [2.05, 4.69) is 19.6 Å². The van der Waals surface area contributed by atoms with Crippen LogP contribution in [0.2, 0.25) is 0 Å². The topological polar surface area (TPSA) is 65.9 Å². The predicted molar refractivity (Wildman–Crippen MR) is 128 cm³/mol. The van der Waals surface area contributed by atoms with Crippen LogP contribution in [0.15, 0.2) is 30.5 Å². The lowest BCUT2D eigenvalue weighted by atomic mass is 10.0. The molecule has 3 aliphatic rings. The summed E-state index contributed by atoms with van der Waals surface area (Å²) in [4.78, 5) is 18.8. The summed E-state index contributed by atoms with van der Waals surface area (Å²) in [6.07, 6.45) is -0.861. The van der Waals surface area contributed by atoms with Gasteiger partial charge in [0.25, 0.3) is 0 Å². The third-order valence-corrected chi connectivity index (χ3v) is 7.44. The van der Waals surface area contributed by atoms with Crippen molar-refractivity contribution in [1.82, 2.24) is 19.6 Å². The summed E-state index contributed by atoms with van der Waals surface area (Å²) >= 11 is 1.40. The number of amides is 1. The molecule has 2 aromatic rings. The molecular weight excluding hydrogens is 481 g/mol. The first kappa shape index (κ1) is 24.3. The average Bonchev–Trinajstić information content (AvgIpc) is 3.56. The third kappa shape index (κ3) is 5.24. The van der Waals surface area contributed by atoms with Crippen molar-refractivity contribution in [3.63, 3.8) is 0 Å². The first-order valence-corrected chi connectivity index (χ1v) is 12.9. The van der Waals surface area contributed by atoms with E-state index in [0.717, 1.165) is 18.7 Å². The zero-order valence-electron chi connectivity index (χ0n) is 19.5. The summed E-state index contributed by atoms with van der Waals surface area (Å²) < 4.78 is 50.3.